The fraction of sp³-hybridized carbons (Fsp3) is 0.364. The zero-order chi connectivity index (χ0) is 27.4. The van der Waals surface area contributed by atoms with Gasteiger partial charge in [-0.3, -0.25) is 9.80 Å². The van der Waals surface area contributed by atoms with Crippen molar-refractivity contribution in [3.63, 3.8) is 0 Å². The first-order valence-electron chi connectivity index (χ1n) is 13.9. The molecule has 1 aliphatic heterocycles. The van der Waals surface area contributed by atoms with E-state index in [1.165, 1.54) is 0 Å². The number of aromatic amines is 1. The van der Waals surface area contributed by atoms with Crippen LogP contribution in [0.2, 0.25) is 0 Å². The van der Waals surface area contributed by atoms with Crippen LogP contribution in [-0.4, -0.2) is 60.2 Å². The van der Waals surface area contributed by atoms with Crippen molar-refractivity contribution in [1.82, 2.24) is 19.8 Å². The molecule has 4 aromatic rings. The Bertz CT molecular complexity index is 1310. The molecule has 1 saturated heterocycles. The normalized spacial score (nSPS) is 15.6. The van der Waals surface area contributed by atoms with Gasteiger partial charge < -0.3 is 14.5 Å². The third-order valence-electron chi connectivity index (χ3n) is 7.86. The molecule has 1 aliphatic rings. The SMILES string of the molecule is COc1ccccc1C(c1ccccc1OC)N1CCN(C(c2nc(-c3ccccc3)[nH]c2C)C(C)C)CC1. The van der Waals surface area contributed by atoms with Crippen molar-refractivity contribution in [2.75, 3.05) is 40.4 Å². The summed E-state index contributed by atoms with van der Waals surface area (Å²) in [5.74, 6) is 3.18. The van der Waals surface area contributed by atoms with Crippen molar-refractivity contribution >= 4 is 0 Å². The Hall–Kier alpha value is -3.61. The summed E-state index contributed by atoms with van der Waals surface area (Å²) < 4.78 is 11.6. The molecule has 0 spiro atoms. The molecule has 1 aromatic heterocycles. The fourth-order valence-electron chi connectivity index (χ4n) is 6.02. The Morgan fingerprint density at radius 3 is 1.77 bits per heavy atom. The number of nitrogens with zero attached hydrogens (tertiary/aromatic N) is 3. The van der Waals surface area contributed by atoms with Gasteiger partial charge in [-0.1, -0.05) is 80.6 Å². The van der Waals surface area contributed by atoms with Gasteiger partial charge >= 0.3 is 0 Å². The van der Waals surface area contributed by atoms with E-state index in [0.29, 0.717) is 5.92 Å². The van der Waals surface area contributed by atoms with Crippen LogP contribution in [0.4, 0.5) is 0 Å². The molecular formula is C33H40N4O2. The van der Waals surface area contributed by atoms with E-state index in [9.17, 15) is 0 Å². The average molecular weight is 525 g/mol. The molecule has 3 aromatic carbocycles. The second-order valence-corrected chi connectivity index (χ2v) is 10.6. The molecular weight excluding hydrogens is 484 g/mol. The maximum atomic E-state index is 5.82. The lowest BCUT2D eigenvalue weighted by Gasteiger charge is -2.43. The number of piperazine rings is 1. The first kappa shape index (κ1) is 27.0. The van der Waals surface area contributed by atoms with Gasteiger partial charge in [0.2, 0.25) is 0 Å². The molecule has 1 N–H and O–H groups in total. The minimum absolute atomic E-state index is 0.0359. The van der Waals surface area contributed by atoms with Crippen molar-refractivity contribution in [1.29, 1.82) is 0 Å². The van der Waals surface area contributed by atoms with Crippen molar-refractivity contribution in [2.24, 2.45) is 5.92 Å². The predicted octanol–water partition coefficient (Wildman–Crippen LogP) is 6.51. The Labute approximate surface area is 232 Å². The Balaban J connectivity index is 1.42. The second-order valence-electron chi connectivity index (χ2n) is 10.6. The van der Waals surface area contributed by atoms with Crippen molar-refractivity contribution in [3.05, 3.63) is 101 Å². The number of hydrogen-bond donors (Lipinski definition) is 1. The van der Waals surface area contributed by atoms with Crippen LogP contribution in [-0.2, 0) is 0 Å². The van der Waals surface area contributed by atoms with Gasteiger partial charge in [-0.25, -0.2) is 4.98 Å². The highest BCUT2D eigenvalue weighted by Gasteiger charge is 2.34. The lowest BCUT2D eigenvalue weighted by atomic mass is 9.93. The summed E-state index contributed by atoms with van der Waals surface area (Å²) in [4.78, 5) is 13.9. The fourth-order valence-corrected chi connectivity index (χ4v) is 6.02. The zero-order valence-corrected chi connectivity index (χ0v) is 23.7. The van der Waals surface area contributed by atoms with Crippen LogP contribution in [0, 0.1) is 12.8 Å². The number of aryl methyl sites for hydroxylation is 1. The minimum atomic E-state index is 0.0359. The van der Waals surface area contributed by atoms with Crippen molar-refractivity contribution in [3.8, 4) is 22.9 Å². The first-order valence-corrected chi connectivity index (χ1v) is 13.9. The molecule has 6 nitrogen and oxygen atoms in total. The second kappa shape index (κ2) is 12.1. The van der Waals surface area contributed by atoms with Crippen LogP contribution in [0.25, 0.3) is 11.4 Å². The third kappa shape index (κ3) is 5.58. The Morgan fingerprint density at radius 1 is 0.718 bits per heavy atom. The van der Waals surface area contributed by atoms with Gasteiger partial charge in [0.05, 0.1) is 32.0 Å². The molecule has 0 aliphatic carbocycles. The van der Waals surface area contributed by atoms with Gasteiger partial charge in [-0.05, 0) is 25.0 Å². The van der Waals surface area contributed by atoms with E-state index in [-0.39, 0.29) is 12.1 Å². The standard InChI is InChI=1S/C33H40N4O2/c1-23(2)31(30-24(3)34-33(35-30)25-13-7-6-8-14-25)36-19-21-37(22-20-36)32(26-15-9-11-17-28(26)38-4)27-16-10-12-18-29(27)39-5/h6-18,23,31-32H,19-22H2,1-5H3,(H,34,35). The number of ether oxygens (including phenoxy) is 2. The zero-order valence-electron chi connectivity index (χ0n) is 23.7. The largest absolute Gasteiger partial charge is 0.496 e. The number of para-hydroxylation sites is 2. The molecule has 204 valence electrons. The van der Waals surface area contributed by atoms with Gasteiger partial charge in [0.25, 0.3) is 0 Å². The van der Waals surface area contributed by atoms with Crippen LogP contribution in [0.5, 0.6) is 11.5 Å². The summed E-state index contributed by atoms with van der Waals surface area (Å²) >= 11 is 0. The Kier molecular flexibility index (Phi) is 8.34. The molecule has 1 unspecified atom stereocenters. The lowest BCUT2D eigenvalue weighted by Crippen LogP contribution is -2.50. The summed E-state index contributed by atoms with van der Waals surface area (Å²) in [6.07, 6.45) is 0. The van der Waals surface area contributed by atoms with Gasteiger partial charge in [0.15, 0.2) is 0 Å². The number of hydrogen-bond acceptors (Lipinski definition) is 5. The number of methoxy groups -OCH3 is 2. The van der Waals surface area contributed by atoms with E-state index in [0.717, 1.165) is 71.6 Å². The van der Waals surface area contributed by atoms with Gasteiger partial charge in [0.1, 0.15) is 17.3 Å². The minimum Gasteiger partial charge on any atom is -0.496 e. The highest BCUT2D eigenvalue weighted by atomic mass is 16.5. The maximum Gasteiger partial charge on any atom is 0.137 e. The molecule has 2 heterocycles. The third-order valence-corrected chi connectivity index (χ3v) is 7.86. The van der Waals surface area contributed by atoms with Crippen LogP contribution in [0.1, 0.15) is 48.4 Å². The summed E-state index contributed by atoms with van der Waals surface area (Å²) in [7, 11) is 3.50. The number of H-pyrrole nitrogens is 1. The van der Waals surface area contributed by atoms with E-state index >= 15 is 0 Å². The van der Waals surface area contributed by atoms with Gasteiger partial charge in [-0.15, -0.1) is 0 Å². The molecule has 0 saturated carbocycles. The van der Waals surface area contributed by atoms with Crippen LogP contribution in [0.15, 0.2) is 78.9 Å². The number of aromatic nitrogens is 2. The smallest absolute Gasteiger partial charge is 0.137 e. The van der Waals surface area contributed by atoms with Gasteiger partial charge in [0, 0.05) is 48.6 Å². The van der Waals surface area contributed by atoms with Crippen LogP contribution < -0.4 is 9.47 Å². The molecule has 39 heavy (non-hydrogen) atoms. The Morgan fingerprint density at radius 2 is 1.23 bits per heavy atom. The van der Waals surface area contributed by atoms with E-state index in [4.69, 9.17) is 14.5 Å². The van der Waals surface area contributed by atoms with Gasteiger partial charge in [-0.2, -0.15) is 0 Å². The summed E-state index contributed by atoms with van der Waals surface area (Å²) in [6, 6.07) is 27.4. The number of imidazole rings is 1. The van der Waals surface area contributed by atoms with Crippen molar-refractivity contribution < 1.29 is 9.47 Å². The highest BCUT2D eigenvalue weighted by molar-refractivity contribution is 5.56. The molecule has 5 rings (SSSR count). The highest BCUT2D eigenvalue weighted by Crippen LogP contribution is 2.40. The quantitative estimate of drug-likeness (QED) is 0.271. The molecule has 0 radical (unpaired) electrons. The van der Waals surface area contributed by atoms with Crippen LogP contribution >= 0.6 is 0 Å². The summed E-state index contributed by atoms with van der Waals surface area (Å²) in [6.45, 7) is 10.5. The van der Waals surface area contributed by atoms with E-state index < -0.39 is 0 Å². The van der Waals surface area contributed by atoms with E-state index in [1.807, 2.05) is 30.3 Å². The first-order chi connectivity index (χ1) is 19.0. The number of benzene rings is 3. The lowest BCUT2D eigenvalue weighted by molar-refractivity contribution is 0.0589. The maximum absolute atomic E-state index is 5.82. The average Bonchev–Trinajstić information content (AvgIpc) is 3.35. The molecule has 1 atom stereocenters. The monoisotopic (exact) mass is 524 g/mol. The summed E-state index contributed by atoms with van der Waals surface area (Å²) in [5.41, 5.74) is 5.75. The molecule has 1 fully saturated rings. The molecule has 0 bridgehead atoms. The van der Waals surface area contributed by atoms with Crippen LogP contribution in [0.3, 0.4) is 0 Å². The number of nitrogens with one attached hydrogen (secondary N) is 1. The topological polar surface area (TPSA) is 53.6 Å². The predicted molar refractivity (Wildman–Crippen MR) is 157 cm³/mol. The summed E-state index contributed by atoms with van der Waals surface area (Å²) in [5, 5.41) is 0. The van der Waals surface area contributed by atoms with Crippen molar-refractivity contribution in [2.45, 2.75) is 32.9 Å². The number of rotatable bonds is 9. The molecule has 0 amide bonds. The van der Waals surface area contributed by atoms with E-state index in [1.54, 1.807) is 14.2 Å². The molecule has 6 heteroatoms. The van der Waals surface area contributed by atoms with E-state index in [2.05, 4.69) is 84.1 Å².